The molecule has 0 spiro atoms. The highest BCUT2D eigenvalue weighted by atomic mass is 19.4. The van der Waals surface area contributed by atoms with Crippen LogP contribution in [0.15, 0.2) is 41.3 Å². The molecule has 1 aromatic heterocycles. The van der Waals surface area contributed by atoms with Crippen molar-refractivity contribution in [2.45, 2.75) is 6.18 Å². The molecule has 0 radical (unpaired) electrons. The Kier molecular flexibility index (Phi) is 2.86. The monoisotopic (exact) mass is 254 g/mol. The van der Waals surface area contributed by atoms with E-state index in [0.717, 1.165) is 6.07 Å². The first-order valence-electron chi connectivity index (χ1n) is 5.04. The van der Waals surface area contributed by atoms with Crippen LogP contribution in [0.5, 0.6) is 0 Å². The molecular formula is C12H9F3N2O. The van der Waals surface area contributed by atoms with Crippen molar-refractivity contribution in [2.75, 3.05) is 5.73 Å². The summed E-state index contributed by atoms with van der Waals surface area (Å²) in [6.07, 6.45) is -3.45. The molecule has 0 bridgehead atoms. The van der Waals surface area contributed by atoms with Crippen molar-refractivity contribution in [3.05, 3.63) is 52.4 Å². The van der Waals surface area contributed by atoms with E-state index < -0.39 is 17.3 Å². The molecule has 0 amide bonds. The Morgan fingerprint density at radius 2 is 1.83 bits per heavy atom. The molecule has 0 aliphatic rings. The number of nitrogens with one attached hydrogen (secondary N) is 1. The average Bonchev–Trinajstić information content (AvgIpc) is 2.28. The van der Waals surface area contributed by atoms with Gasteiger partial charge in [-0.2, -0.15) is 13.2 Å². The maximum atomic E-state index is 12.6. The van der Waals surface area contributed by atoms with Crippen LogP contribution < -0.4 is 11.3 Å². The molecule has 0 fully saturated rings. The van der Waals surface area contributed by atoms with Crippen molar-refractivity contribution in [1.82, 2.24) is 4.98 Å². The molecule has 94 valence electrons. The van der Waals surface area contributed by atoms with Crippen LogP contribution in [0.4, 0.5) is 18.9 Å². The number of alkyl halides is 3. The average molecular weight is 254 g/mol. The molecule has 0 aliphatic carbocycles. The third-order valence-electron chi connectivity index (χ3n) is 2.43. The molecular weight excluding hydrogens is 245 g/mol. The number of hydrogen-bond donors (Lipinski definition) is 2. The van der Waals surface area contributed by atoms with Crippen molar-refractivity contribution >= 4 is 5.69 Å². The largest absolute Gasteiger partial charge is 0.421 e. The summed E-state index contributed by atoms with van der Waals surface area (Å²) in [5, 5.41) is 0. The van der Waals surface area contributed by atoms with Gasteiger partial charge in [-0.05, 0) is 29.3 Å². The molecule has 0 aliphatic heterocycles. The van der Waals surface area contributed by atoms with Gasteiger partial charge in [0.2, 0.25) is 0 Å². The second-order valence-electron chi connectivity index (χ2n) is 3.75. The SMILES string of the molecule is Nc1cccc(-c2c[nH]c(=O)c(C(F)(F)F)c2)c1. The van der Waals surface area contributed by atoms with Gasteiger partial charge < -0.3 is 10.7 Å². The van der Waals surface area contributed by atoms with Crippen LogP contribution in [0.3, 0.4) is 0 Å². The summed E-state index contributed by atoms with van der Waals surface area (Å²) in [6, 6.07) is 7.22. The van der Waals surface area contributed by atoms with Gasteiger partial charge in [-0.15, -0.1) is 0 Å². The predicted octanol–water partition coefficient (Wildman–Crippen LogP) is 2.64. The zero-order valence-electron chi connectivity index (χ0n) is 9.08. The van der Waals surface area contributed by atoms with Gasteiger partial charge in [0.15, 0.2) is 0 Å². The van der Waals surface area contributed by atoms with E-state index in [9.17, 15) is 18.0 Å². The van der Waals surface area contributed by atoms with E-state index in [1.807, 2.05) is 0 Å². The zero-order valence-corrected chi connectivity index (χ0v) is 9.08. The van der Waals surface area contributed by atoms with Gasteiger partial charge in [0.1, 0.15) is 5.56 Å². The molecule has 0 saturated heterocycles. The minimum Gasteiger partial charge on any atom is -0.399 e. The fraction of sp³-hybridized carbons (Fsp3) is 0.0833. The third-order valence-corrected chi connectivity index (χ3v) is 2.43. The molecule has 1 heterocycles. The van der Waals surface area contributed by atoms with Gasteiger partial charge in [0.05, 0.1) is 0 Å². The molecule has 6 heteroatoms. The van der Waals surface area contributed by atoms with Crippen molar-refractivity contribution < 1.29 is 13.2 Å². The zero-order chi connectivity index (χ0) is 13.3. The van der Waals surface area contributed by atoms with Crippen molar-refractivity contribution in [2.24, 2.45) is 0 Å². The Morgan fingerprint density at radius 1 is 1.11 bits per heavy atom. The van der Waals surface area contributed by atoms with E-state index in [0.29, 0.717) is 11.3 Å². The fourth-order valence-electron chi connectivity index (χ4n) is 1.58. The topological polar surface area (TPSA) is 58.9 Å². The first-order chi connectivity index (χ1) is 8.38. The number of nitrogen functional groups attached to an aromatic ring is 1. The normalized spacial score (nSPS) is 11.5. The number of nitrogens with two attached hydrogens (primary N) is 1. The number of anilines is 1. The summed E-state index contributed by atoms with van der Waals surface area (Å²) in [4.78, 5) is 13.2. The summed E-state index contributed by atoms with van der Waals surface area (Å²) in [6.45, 7) is 0. The first-order valence-corrected chi connectivity index (χ1v) is 5.04. The highest BCUT2D eigenvalue weighted by Gasteiger charge is 2.34. The summed E-state index contributed by atoms with van der Waals surface area (Å²) in [7, 11) is 0. The second-order valence-corrected chi connectivity index (χ2v) is 3.75. The maximum absolute atomic E-state index is 12.6. The van der Waals surface area contributed by atoms with Crippen molar-refractivity contribution in [3.8, 4) is 11.1 Å². The van der Waals surface area contributed by atoms with Gasteiger partial charge in [-0.3, -0.25) is 4.79 Å². The number of halogens is 3. The number of hydrogen-bond acceptors (Lipinski definition) is 2. The minimum absolute atomic E-state index is 0.259. The Bertz CT molecular complexity index is 632. The first kappa shape index (κ1) is 12.2. The van der Waals surface area contributed by atoms with E-state index >= 15 is 0 Å². The molecule has 3 N–H and O–H groups in total. The summed E-state index contributed by atoms with van der Waals surface area (Å²) >= 11 is 0. The van der Waals surface area contributed by atoms with Crippen LogP contribution in [-0.2, 0) is 6.18 Å². The van der Waals surface area contributed by atoms with Gasteiger partial charge in [-0.25, -0.2) is 0 Å². The standard InChI is InChI=1S/C12H9F3N2O/c13-12(14,15)10-5-8(6-17-11(10)18)7-2-1-3-9(16)4-7/h1-6H,16H2,(H,17,18). The maximum Gasteiger partial charge on any atom is 0.421 e. The van der Waals surface area contributed by atoms with Crippen molar-refractivity contribution in [1.29, 1.82) is 0 Å². The molecule has 3 nitrogen and oxygen atoms in total. The van der Waals surface area contributed by atoms with Crippen LogP contribution in [-0.4, -0.2) is 4.98 Å². The van der Waals surface area contributed by atoms with Crippen LogP contribution in [0.2, 0.25) is 0 Å². The summed E-state index contributed by atoms with van der Waals surface area (Å²) < 4.78 is 37.7. The molecule has 18 heavy (non-hydrogen) atoms. The van der Waals surface area contributed by atoms with E-state index in [1.54, 1.807) is 18.2 Å². The lowest BCUT2D eigenvalue weighted by molar-refractivity contribution is -0.138. The van der Waals surface area contributed by atoms with Crippen molar-refractivity contribution in [3.63, 3.8) is 0 Å². The summed E-state index contributed by atoms with van der Waals surface area (Å²) in [5.74, 6) is 0. The minimum atomic E-state index is -4.68. The molecule has 0 saturated carbocycles. The Morgan fingerprint density at radius 3 is 2.44 bits per heavy atom. The van der Waals surface area contributed by atoms with E-state index in [4.69, 9.17) is 5.73 Å². The molecule has 1 aromatic carbocycles. The second kappa shape index (κ2) is 4.21. The van der Waals surface area contributed by atoms with Gasteiger partial charge in [-0.1, -0.05) is 12.1 Å². The van der Waals surface area contributed by atoms with E-state index in [-0.39, 0.29) is 5.56 Å². The highest BCUT2D eigenvalue weighted by molar-refractivity contribution is 5.67. The number of aromatic nitrogens is 1. The number of pyridine rings is 1. The Balaban J connectivity index is 2.58. The molecule has 0 unspecified atom stereocenters. The highest BCUT2D eigenvalue weighted by Crippen LogP contribution is 2.29. The van der Waals surface area contributed by atoms with E-state index in [1.165, 1.54) is 12.3 Å². The third kappa shape index (κ3) is 2.37. The lowest BCUT2D eigenvalue weighted by atomic mass is 10.1. The smallest absolute Gasteiger partial charge is 0.399 e. The molecule has 2 aromatic rings. The molecule has 2 rings (SSSR count). The number of H-pyrrole nitrogens is 1. The van der Waals surface area contributed by atoms with Crippen LogP contribution in [0, 0.1) is 0 Å². The van der Waals surface area contributed by atoms with Crippen LogP contribution >= 0.6 is 0 Å². The van der Waals surface area contributed by atoms with Crippen LogP contribution in [0.25, 0.3) is 11.1 Å². The quantitative estimate of drug-likeness (QED) is 0.768. The molecule has 0 atom stereocenters. The van der Waals surface area contributed by atoms with Gasteiger partial charge >= 0.3 is 6.18 Å². The fourth-order valence-corrected chi connectivity index (χ4v) is 1.58. The Labute approximate surface area is 100 Å². The Hall–Kier alpha value is -2.24. The number of aromatic amines is 1. The van der Waals surface area contributed by atoms with Crippen LogP contribution in [0.1, 0.15) is 5.56 Å². The van der Waals surface area contributed by atoms with E-state index in [2.05, 4.69) is 4.98 Å². The van der Waals surface area contributed by atoms with Gasteiger partial charge in [0, 0.05) is 11.9 Å². The summed E-state index contributed by atoms with van der Waals surface area (Å²) in [5.41, 5.74) is 4.38. The lowest BCUT2D eigenvalue weighted by Crippen LogP contribution is -2.20. The lowest BCUT2D eigenvalue weighted by Gasteiger charge is -2.08. The number of rotatable bonds is 1. The number of benzene rings is 1. The van der Waals surface area contributed by atoms with Gasteiger partial charge in [0.25, 0.3) is 5.56 Å². The predicted molar refractivity (Wildman–Crippen MR) is 61.9 cm³/mol.